The van der Waals surface area contributed by atoms with Gasteiger partial charge in [0.15, 0.2) is 9.84 Å². The molecule has 0 fully saturated rings. The van der Waals surface area contributed by atoms with Crippen LogP contribution in [0, 0.1) is 0 Å². The molecule has 0 bridgehead atoms. The maximum atomic E-state index is 12.1. The maximum absolute atomic E-state index is 12.1. The van der Waals surface area contributed by atoms with Gasteiger partial charge in [0.25, 0.3) is 0 Å². The lowest BCUT2D eigenvalue weighted by atomic mass is 10.0. The molecule has 2 unspecified atom stereocenters. The highest BCUT2D eigenvalue weighted by atomic mass is 32.2. The first kappa shape index (κ1) is 14.3. The number of nitrogens with zero attached hydrogens (tertiary/aromatic N) is 2. The second-order valence-electron chi connectivity index (χ2n) is 5.49. The predicted octanol–water partition coefficient (Wildman–Crippen LogP) is 1.78. The zero-order chi connectivity index (χ0) is 14.9. The summed E-state index contributed by atoms with van der Waals surface area (Å²) in [6, 6.07) is 9.48. The third-order valence-corrected chi connectivity index (χ3v) is 5.63. The second-order valence-corrected chi connectivity index (χ2v) is 7.57. The van der Waals surface area contributed by atoms with E-state index in [-0.39, 0.29) is 17.8 Å². The molecule has 1 aromatic carbocycles. The molecule has 3 rings (SSSR count). The monoisotopic (exact) mass is 305 g/mol. The minimum Gasteiger partial charge on any atom is -0.306 e. The molecule has 2 heterocycles. The molecule has 1 aliphatic heterocycles. The third-order valence-electron chi connectivity index (χ3n) is 3.81. The highest BCUT2D eigenvalue weighted by Gasteiger charge is 2.30. The van der Waals surface area contributed by atoms with Crippen LogP contribution in [0.1, 0.15) is 24.9 Å². The standard InChI is InChI=1S/C15H19N3O2S/c1-12(11-18-9-4-8-16-18)17-14-7-10-21(19,20)15-6-3-2-5-13(14)15/h2-6,8-9,12,14,17H,7,10-11H2,1H3. The Labute approximate surface area is 124 Å². The number of nitrogens with one attached hydrogen (secondary N) is 1. The van der Waals surface area contributed by atoms with Crippen LogP contribution in [0.4, 0.5) is 0 Å². The van der Waals surface area contributed by atoms with Gasteiger partial charge < -0.3 is 5.32 Å². The lowest BCUT2D eigenvalue weighted by molar-refractivity contribution is 0.386. The fraction of sp³-hybridized carbons (Fsp3) is 0.400. The Morgan fingerprint density at radius 2 is 2.19 bits per heavy atom. The molecule has 5 nitrogen and oxygen atoms in total. The summed E-state index contributed by atoms with van der Waals surface area (Å²) in [5.74, 6) is 0.205. The highest BCUT2D eigenvalue weighted by molar-refractivity contribution is 7.91. The molecule has 21 heavy (non-hydrogen) atoms. The van der Waals surface area contributed by atoms with Gasteiger partial charge in [0.2, 0.25) is 0 Å². The van der Waals surface area contributed by atoms with Gasteiger partial charge in [0.05, 0.1) is 17.2 Å². The van der Waals surface area contributed by atoms with Crippen molar-refractivity contribution in [3.63, 3.8) is 0 Å². The number of hydrogen-bond acceptors (Lipinski definition) is 4. The van der Waals surface area contributed by atoms with E-state index in [9.17, 15) is 8.42 Å². The molecule has 2 atom stereocenters. The van der Waals surface area contributed by atoms with E-state index in [1.807, 2.05) is 29.1 Å². The molecule has 112 valence electrons. The molecule has 2 aromatic rings. The van der Waals surface area contributed by atoms with Gasteiger partial charge in [-0.2, -0.15) is 5.10 Å². The van der Waals surface area contributed by atoms with E-state index >= 15 is 0 Å². The summed E-state index contributed by atoms with van der Waals surface area (Å²) in [4.78, 5) is 0.472. The van der Waals surface area contributed by atoms with Crippen LogP contribution in [0.5, 0.6) is 0 Å². The van der Waals surface area contributed by atoms with E-state index < -0.39 is 9.84 Å². The molecule has 0 saturated carbocycles. The minimum absolute atomic E-state index is 0.0790. The number of aromatic nitrogens is 2. The third kappa shape index (κ3) is 3.01. The van der Waals surface area contributed by atoms with E-state index in [0.717, 1.165) is 12.1 Å². The lowest BCUT2D eigenvalue weighted by Gasteiger charge is -2.29. The Morgan fingerprint density at radius 3 is 2.95 bits per heavy atom. The van der Waals surface area contributed by atoms with Gasteiger partial charge in [-0.15, -0.1) is 0 Å². The first-order valence-corrected chi connectivity index (χ1v) is 8.76. The van der Waals surface area contributed by atoms with E-state index in [1.54, 1.807) is 18.3 Å². The normalized spacial score (nSPS) is 21.7. The van der Waals surface area contributed by atoms with Crippen LogP contribution in [-0.4, -0.2) is 30.0 Å². The molecular formula is C15H19N3O2S. The molecule has 0 aliphatic carbocycles. The molecule has 0 amide bonds. The zero-order valence-electron chi connectivity index (χ0n) is 11.9. The summed E-state index contributed by atoms with van der Waals surface area (Å²) >= 11 is 0. The summed E-state index contributed by atoms with van der Waals surface area (Å²) in [5.41, 5.74) is 0.885. The topological polar surface area (TPSA) is 64.0 Å². The van der Waals surface area contributed by atoms with E-state index in [1.165, 1.54) is 0 Å². The smallest absolute Gasteiger partial charge is 0.178 e. The molecular weight excluding hydrogens is 286 g/mol. The Hall–Kier alpha value is -1.66. The van der Waals surface area contributed by atoms with Gasteiger partial charge in [-0.05, 0) is 31.0 Å². The number of fused-ring (bicyclic) bond motifs is 1. The van der Waals surface area contributed by atoms with Crippen LogP contribution in [0.2, 0.25) is 0 Å². The largest absolute Gasteiger partial charge is 0.306 e. The molecule has 1 aliphatic rings. The lowest BCUT2D eigenvalue weighted by Crippen LogP contribution is -2.37. The molecule has 6 heteroatoms. The fourth-order valence-electron chi connectivity index (χ4n) is 2.85. The molecule has 1 N–H and O–H groups in total. The number of rotatable bonds is 4. The molecule has 1 aromatic heterocycles. The first-order chi connectivity index (χ1) is 10.1. The Kier molecular flexibility index (Phi) is 3.82. The average molecular weight is 305 g/mol. The van der Waals surface area contributed by atoms with Crippen molar-refractivity contribution < 1.29 is 8.42 Å². The zero-order valence-corrected chi connectivity index (χ0v) is 12.8. The summed E-state index contributed by atoms with van der Waals surface area (Å²) in [7, 11) is -3.12. The summed E-state index contributed by atoms with van der Waals surface area (Å²) in [5, 5.41) is 7.72. The van der Waals surface area contributed by atoms with Crippen molar-refractivity contribution in [2.45, 2.75) is 36.9 Å². The Balaban J connectivity index is 1.78. The van der Waals surface area contributed by atoms with Crippen molar-refractivity contribution in [3.05, 3.63) is 48.3 Å². The minimum atomic E-state index is -3.12. The van der Waals surface area contributed by atoms with Gasteiger partial charge in [-0.3, -0.25) is 4.68 Å². The number of hydrogen-bond donors (Lipinski definition) is 1. The highest BCUT2D eigenvalue weighted by Crippen LogP contribution is 2.32. The van der Waals surface area contributed by atoms with Crippen molar-refractivity contribution in [1.82, 2.24) is 15.1 Å². The molecule has 0 radical (unpaired) electrons. The maximum Gasteiger partial charge on any atom is 0.178 e. The SMILES string of the molecule is CC(Cn1cccn1)NC1CCS(=O)(=O)c2ccccc21. The molecule has 0 saturated heterocycles. The van der Waals surface area contributed by atoms with Crippen LogP contribution in [0.3, 0.4) is 0 Å². The van der Waals surface area contributed by atoms with E-state index in [4.69, 9.17) is 0 Å². The van der Waals surface area contributed by atoms with Gasteiger partial charge in [-0.25, -0.2) is 8.42 Å². The average Bonchev–Trinajstić information content (AvgIpc) is 2.95. The van der Waals surface area contributed by atoms with Crippen molar-refractivity contribution in [3.8, 4) is 0 Å². The van der Waals surface area contributed by atoms with E-state index in [2.05, 4.69) is 17.3 Å². The first-order valence-electron chi connectivity index (χ1n) is 7.11. The Morgan fingerprint density at radius 1 is 1.38 bits per heavy atom. The van der Waals surface area contributed by atoms with Crippen molar-refractivity contribution in [1.29, 1.82) is 0 Å². The van der Waals surface area contributed by atoms with Gasteiger partial charge in [0, 0.05) is 24.5 Å². The summed E-state index contributed by atoms with van der Waals surface area (Å²) < 4.78 is 26.1. The van der Waals surface area contributed by atoms with Crippen LogP contribution in [0.25, 0.3) is 0 Å². The number of sulfone groups is 1. The van der Waals surface area contributed by atoms with Crippen molar-refractivity contribution in [2.24, 2.45) is 0 Å². The molecule has 0 spiro atoms. The summed E-state index contributed by atoms with van der Waals surface area (Å²) in [6.45, 7) is 2.85. The van der Waals surface area contributed by atoms with Crippen LogP contribution in [-0.2, 0) is 16.4 Å². The quantitative estimate of drug-likeness (QED) is 0.935. The van der Waals surface area contributed by atoms with Crippen LogP contribution < -0.4 is 5.32 Å². The van der Waals surface area contributed by atoms with Crippen molar-refractivity contribution in [2.75, 3.05) is 5.75 Å². The van der Waals surface area contributed by atoms with Crippen LogP contribution in [0.15, 0.2) is 47.6 Å². The Bertz CT molecular complexity index is 710. The van der Waals surface area contributed by atoms with Gasteiger partial charge in [-0.1, -0.05) is 18.2 Å². The fourth-order valence-corrected chi connectivity index (χ4v) is 4.47. The number of benzene rings is 1. The van der Waals surface area contributed by atoms with Crippen molar-refractivity contribution >= 4 is 9.84 Å². The van der Waals surface area contributed by atoms with Crippen LogP contribution >= 0.6 is 0 Å². The van der Waals surface area contributed by atoms with E-state index in [0.29, 0.717) is 11.3 Å². The predicted molar refractivity (Wildman–Crippen MR) is 80.7 cm³/mol. The second kappa shape index (κ2) is 5.61. The summed E-state index contributed by atoms with van der Waals surface area (Å²) in [6.07, 6.45) is 4.30. The van der Waals surface area contributed by atoms with Gasteiger partial charge in [0.1, 0.15) is 0 Å². The van der Waals surface area contributed by atoms with Gasteiger partial charge >= 0.3 is 0 Å².